The number of allylic oxidation sites excluding steroid dienone is 1. The number of hydrogen-bond acceptors (Lipinski definition) is 1. The molecular formula is C13H16O. The van der Waals surface area contributed by atoms with E-state index in [0.717, 1.165) is 17.5 Å². The molecule has 0 N–H and O–H groups in total. The van der Waals surface area contributed by atoms with Crippen molar-refractivity contribution in [1.82, 2.24) is 0 Å². The largest absolute Gasteiger partial charge is 0.294 e. The molecule has 0 amide bonds. The Labute approximate surface area is 85.5 Å². The molecule has 1 heteroatoms. The van der Waals surface area contributed by atoms with Gasteiger partial charge in [-0.25, -0.2) is 0 Å². The van der Waals surface area contributed by atoms with Gasteiger partial charge in [0.15, 0.2) is 5.78 Å². The van der Waals surface area contributed by atoms with E-state index in [2.05, 4.69) is 6.58 Å². The summed E-state index contributed by atoms with van der Waals surface area (Å²) in [6.07, 6.45) is 3.10. The third kappa shape index (κ3) is 2.32. The fourth-order valence-corrected chi connectivity index (χ4v) is 1.42. The topological polar surface area (TPSA) is 17.1 Å². The van der Waals surface area contributed by atoms with Crippen molar-refractivity contribution >= 4 is 5.78 Å². The first kappa shape index (κ1) is 10.7. The highest BCUT2D eigenvalue weighted by atomic mass is 16.1. The van der Waals surface area contributed by atoms with Crippen LogP contribution in [0, 0.1) is 13.8 Å². The summed E-state index contributed by atoms with van der Waals surface area (Å²) in [5.74, 6) is 0.214. The van der Waals surface area contributed by atoms with E-state index in [9.17, 15) is 4.79 Å². The molecule has 0 aromatic heterocycles. The first-order valence-corrected chi connectivity index (χ1v) is 4.87. The van der Waals surface area contributed by atoms with Gasteiger partial charge >= 0.3 is 0 Å². The fraction of sp³-hybridized carbons (Fsp3) is 0.308. The summed E-state index contributed by atoms with van der Waals surface area (Å²) in [7, 11) is 0. The number of carbonyl (C=O) groups is 1. The minimum atomic E-state index is 0.214. The van der Waals surface area contributed by atoms with Crippen LogP contribution in [0.15, 0.2) is 30.9 Å². The molecule has 1 aromatic carbocycles. The van der Waals surface area contributed by atoms with Gasteiger partial charge in [-0.3, -0.25) is 4.79 Å². The second-order valence-electron chi connectivity index (χ2n) is 3.50. The van der Waals surface area contributed by atoms with E-state index in [1.807, 2.05) is 32.0 Å². The van der Waals surface area contributed by atoms with E-state index in [-0.39, 0.29) is 5.78 Å². The lowest BCUT2D eigenvalue weighted by Gasteiger charge is -2.06. The van der Waals surface area contributed by atoms with Crippen LogP contribution in [0.5, 0.6) is 0 Å². The average molecular weight is 188 g/mol. The standard InChI is InChI=1S/C13H16O/c1-4-5-9-13(14)12-8-6-7-10(2)11(12)3/h4,6-8H,1,5,9H2,2-3H3. The molecule has 0 aliphatic heterocycles. The van der Waals surface area contributed by atoms with Crippen molar-refractivity contribution < 1.29 is 4.79 Å². The molecule has 1 aromatic rings. The number of benzene rings is 1. The number of carbonyl (C=O) groups excluding carboxylic acids is 1. The number of rotatable bonds is 4. The minimum Gasteiger partial charge on any atom is -0.294 e. The molecular weight excluding hydrogens is 172 g/mol. The lowest BCUT2D eigenvalue weighted by molar-refractivity contribution is 0.0983. The molecule has 0 aliphatic carbocycles. The van der Waals surface area contributed by atoms with E-state index >= 15 is 0 Å². The lowest BCUT2D eigenvalue weighted by atomic mass is 9.98. The molecule has 0 aliphatic rings. The molecule has 0 saturated heterocycles. The SMILES string of the molecule is C=CCCC(=O)c1cccc(C)c1C. The highest BCUT2D eigenvalue weighted by Crippen LogP contribution is 2.15. The monoisotopic (exact) mass is 188 g/mol. The normalized spacial score (nSPS) is 9.86. The van der Waals surface area contributed by atoms with Gasteiger partial charge in [0.2, 0.25) is 0 Å². The van der Waals surface area contributed by atoms with Crippen molar-refractivity contribution in [3.63, 3.8) is 0 Å². The van der Waals surface area contributed by atoms with Crippen LogP contribution in [0.1, 0.15) is 34.3 Å². The maximum absolute atomic E-state index is 11.7. The van der Waals surface area contributed by atoms with Crippen molar-refractivity contribution in [2.24, 2.45) is 0 Å². The summed E-state index contributed by atoms with van der Waals surface area (Å²) in [6, 6.07) is 5.86. The molecule has 74 valence electrons. The Morgan fingerprint density at radius 2 is 2.14 bits per heavy atom. The molecule has 0 radical (unpaired) electrons. The molecule has 0 spiro atoms. The molecule has 1 rings (SSSR count). The van der Waals surface area contributed by atoms with Gasteiger partial charge in [0.1, 0.15) is 0 Å². The van der Waals surface area contributed by atoms with Crippen molar-refractivity contribution in [1.29, 1.82) is 0 Å². The first-order valence-electron chi connectivity index (χ1n) is 4.87. The van der Waals surface area contributed by atoms with Gasteiger partial charge < -0.3 is 0 Å². The van der Waals surface area contributed by atoms with E-state index in [4.69, 9.17) is 0 Å². The lowest BCUT2D eigenvalue weighted by Crippen LogP contribution is -2.02. The molecule has 0 bridgehead atoms. The van der Waals surface area contributed by atoms with Gasteiger partial charge in [-0.15, -0.1) is 6.58 Å². The minimum absolute atomic E-state index is 0.214. The number of hydrogen-bond donors (Lipinski definition) is 0. The van der Waals surface area contributed by atoms with Crippen LogP contribution in [0.4, 0.5) is 0 Å². The average Bonchev–Trinajstić information content (AvgIpc) is 2.18. The fourth-order valence-electron chi connectivity index (χ4n) is 1.42. The Balaban J connectivity index is 2.89. The van der Waals surface area contributed by atoms with Crippen LogP contribution >= 0.6 is 0 Å². The highest BCUT2D eigenvalue weighted by Gasteiger charge is 2.08. The Morgan fingerprint density at radius 3 is 2.79 bits per heavy atom. The molecule has 14 heavy (non-hydrogen) atoms. The van der Waals surface area contributed by atoms with Gasteiger partial charge in [0, 0.05) is 12.0 Å². The highest BCUT2D eigenvalue weighted by molar-refractivity contribution is 5.97. The van der Waals surface area contributed by atoms with Crippen LogP contribution in [-0.2, 0) is 0 Å². The Hall–Kier alpha value is -1.37. The summed E-state index contributed by atoms with van der Waals surface area (Å²) >= 11 is 0. The first-order chi connectivity index (χ1) is 6.66. The van der Waals surface area contributed by atoms with Gasteiger partial charge in [-0.2, -0.15) is 0 Å². The molecule has 1 nitrogen and oxygen atoms in total. The van der Waals surface area contributed by atoms with Crippen molar-refractivity contribution in [3.05, 3.63) is 47.5 Å². The zero-order valence-electron chi connectivity index (χ0n) is 8.84. The zero-order chi connectivity index (χ0) is 10.6. The summed E-state index contributed by atoms with van der Waals surface area (Å²) in [4.78, 5) is 11.7. The van der Waals surface area contributed by atoms with E-state index in [1.54, 1.807) is 6.08 Å². The van der Waals surface area contributed by atoms with E-state index in [0.29, 0.717) is 6.42 Å². The van der Waals surface area contributed by atoms with Crippen LogP contribution in [0.2, 0.25) is 0 Å². The van der Waals surface area contributed by atoms with Crippen LogP contribution in [0.25, 0.3) is 0 Å². The molecule has 0 heterocycles. The molecule has 0 saturated carbocycles. The number of Topliss-reactive ketones (excluding diaryl/α,β-unsaturated/α-hetero) is 1. The van der Waals surface area contributed by atoms with E-state index < -0.39 is 0 Å². The quantitative estimate of drug-likeness (QED) is 0.522. The molecule has 0 fully saturated rings. The van der Waals surface area contributed by atoms with E-state index in [1.165, 1.54) is 5.56 Å². The molecule has 0 atom stereocenters. The Kier molecular flexibility index (Phi) is 3.63. The maximum Gasteiger partial charge on any atom is 0.163 e. The third-order valence-corrected chi connectivity index (χ3v) is 2.48. The van der Waals surface area contributed by atoms with Crippen LogP contribution < -0.4 is 0 Å². The van der Waals surface area contributed by atoms with Crippen molar-refractivity contribution in [2.45, 2.75) is 26.7 Å². The van der Waals surface area contributed by atoms with Gasteiger partial charge in [0.25, 0.3) is 0 Å². The predicted octanol–water partition coefficient (Wildman–Crippen LogP) is 3.45. The number of ketones is 1. The smallest absolute Gasteiger partial charge is 0.163 e. The number of aryl methyl sites for hydroxylation is 1. The van der Waals surface area contributed by atoms with Crippen molar-refractivity contribution in [3.8, 4) is 0 Å². The van der Waals surface area contributed by atoms with Gasteiger partial charge in [0.05, 0.1) is 0 Å². The third-order valence-electron chi connectivity index (χ3n) is 2.48. The van der Waals surface area contributed by atoms with Gasteiger partial charge in [-0.05, 0) is 31.4 Å². The van der Waals surface area contributed by atoms with Crippen molar-refractivity contribution in [2.75, 3.05) is 0 Å². The summed E-state index contributed by atoms with van der Waals surface area (Å²) < 4.78 is 0. The van der Waals surface area contributed by atoms with Crippen LogP contribution in [0.3, 0.4) is 0 Å². The maximum atomic E-state index is 11.7. The summed E-state index contributed by atoms with van der Waals surface area (Å²) in [5.41, 5.74) is 3.13. The summed E-state index contributed by atoms with van der Waals surface area (Å²) in [5, 5.41) is 0. The van der Waals surface area contributed by atoms with Gasteiger partial charge in [-0.1, -0.05) is 24.3 Å². The molecule has 0 unspecified atom stereocenters. The second kappa shape index (κ2) is 4.75. The van der Waals surface area contributed by atoms with Crippen LogP contribution in [-0.4, -0.2) is 5.78 Å². The summed E-state index contributed by atoms with van der Waals surface area (Å²) in [6.45, 7) is 7.64. The Morgan fingerprint density at radius 1 is 1.43 bits per heavy atom. The second-order valence-corrected chi connectivity index (χ2v) is 3.50. The predicted molar refractivity (Wildman–Crippen MR) is 59.7 cm³/mol. The Bertz CT molecular complexity index is 350. The zero-order valence-corrected chi connectivity index (χ0v) is 8.84.